The van der Waals surface area contributed by atoms with E-state index < -0.39 is 7.60 Å². The molecule has 0 aromatic heterocycles. The first-order valence-electron chi connectivity index (χ1n) is 4.05. The minimum atomic E-state index is -3.90. The van der Waals surface area contributed by atoms with Gasteiger partial charge < -0.3 is 9.42 Å². The Labute approximate surface area is 82.6 Å². The van der Waals surface area contributed by atoms with Gasteiger partial charge in [-0.2, -0.15) is 0 Å². The highest BCUT2D eigenvalue weighted by atomic mass is 31.2. The van der Waals surface area contributed by atoms with Crippen molar-refractivity contribution in [1.29, 1.82) is 5.41 Å². The van der Waals surface area contributed by atoms with Crippen LogP contribution in [0, 0.1) is 19.3 Å². The molecule has 0 saturated carbocycles. The first kappa shape index (κ1) is 11.0. The van der Waals surface area contributed by atoms with Crippen LogP contribution in [0.1, 0.15) is 11.1 Å². The molecule has 4 nitrogen and oxygen atoms in total. The molecule has 14 heavy (non-hydrogen) atoms. The Kier molecular flexibility index (Phi) is 3.09. The van der Waals surface area contributed by atoms with E-state index in [2.05, 4.69) is 0 Å². The summed E-state index contributed by atoms with van der Waals surface area (Å²) < 4.78 is 15.9. The minimum Gasteiger partial charge on any atom is -0.420 e. The number of nitrogens with one attached hydrogen (secondary N) is 1. The third-order valence-corrected chi connectivity index (χ3v) is 2.51. The van der Waals surface area contributed by atoms with E-state index in [9.17, 15) is 4.57 Å². The summed E-state index contributed by atoms with van der Waals surface area (Å²) in [7, 11) is -3.90. The molecule has 0 saturated heterocycles. The van der Waals surface area contributed by atoms with Crippen LogP contribution in [0.3, 0.4) is 0 Å². The van der Waals surface area contributed by atoms with Crippen LogP contribution in [-0.4, -0.2) is 10.8 Å². The molecular formula is C9H12NO3P. The van der Waals surface area contributed by atoms with E-state index >= 15 is 0 Å². The smallest absolute Gasteiger partial charge is 0.418 e. The standard InChI is InChI=1S/C9H12NO3P/c1-7-3-4-9(8(2)5-7)13-14(11,12)6-10/h3-6,10H,1-2H3,(H,11,12). The van der Waals surface area contributed by atoms with Crippen LogP contribution in [0.2, 0.25) is 0 Å². The molecule has 0 aliphatic rings. The zero-order valence-corrected chi connectivity index (χ0v) is 8.91. The second-order valence-corrected chi connectivity index (χ2v) is 4.62. The fourth-order valence-corrected chi connectivity index (χ4v) is 1.61. The van der Waals surface area contributed by atoms with Crippen molar-refractivity contribution in [3.63, 3.8) is 0 Å². The molecule has 0 heterocycles. The van der Waals surface area contributed by atoms with Crippen LogP contribution in [-0.2, 0) is 4.57 Å². The molecule has 1 unspecified atom stereocenters. The van der Waals surface area contributed by atoms with Gasteiger partial charge in [0.05, 0.1) is 0 Å². The Morgan fingerprint density at radius 3 is 2.64 bits per heavy atom. The molecule has 0 amide bonds. The quantitative estimate of drug-likeness (QED) is 0.598. The van der Waals surface area contributed by atoms with Gasteiger partial charge in [-0.05, 0) is 25.5 Å². The summed E-state index contributed by atoms with van der Waals surface area (Å²) >= 11 is 0. The summed E-state index contributed by atoms with van der Waals surface area (Å²) in [6.07, 6.45) is 0. The summed E-state index contributed by atoms with van der Waals surface area (Å²) in [5.74, 6) is 0.761. The molecule has 5 heteroatoms. The third kappa shape index (κ3) is 2.69. The topological polar surface area (TPSA) is 70.4 Å². The molecule has 1 rings (SSSR count). The number of hydrogen-bond donors (Lipinski definition) is 2. The number of aryl methyl sites for hydroxylation is 2. The minimum absolute atomic E-state index is 0.338. The molecule has 0 radical (unpaired) electrons. The first-order chi connectivity index (χ1) is 6.44. The van der Waals surface area contributed by atoms with Gasteiger partial charge in [-0.15, -0.1) is 0 Å². The highest BCUT2D eigenvalue weighted by Gasteiger charge is 2.17. The summed E-state index contributed by atoms with van der Waals surface area (Å²) in [5, 5.41) is 6.70. The molecule has 0 bridgehead atoms. The van der Waals surface area contributed by atoms with Crippen molar-refractivity contribution in [2.45, 2.75) is 13.8 Å². The molecule has 0 aliphatic heterocycles. The van der Waals surface area contributed by atoms with Gasteiger partial charge >= 0.3 is 7.60 Å². The van der Waals surface area contributed by atoms with Crippen LogP contribution >= 0.6 is 7.60 Å². The Balaban J connectivity index is 2.98. The largest absolute Gasteiger partial charge is 0.420 e. The van der Waals surface area contributed by atoms with Crippen LogP contribution in [0.15, 0.2) is 18.2 Å². The lowest BCUT2D eigenvalue weighted by Gasteiger charge is -2.11. The Morgan fingerprint density at radius 1 is 1.50 bits per heavy atom. The molecule has 0 fully saturated rings. The van der Waals surface area contributed by atoms with E-state index in [0.717, 1.165) is 11.1 Å². The van der Waals surface area contributed by atoms with E-state index in [-0.39, 0.29) is 0 Å². The van der Waals surface area contributed by atoms with Gasteiger partial charge in [-0.3, -0.25) is 5.41 Å². The summed E-state index contributed by atoms with van der Waals surface area (Å²) in [4.78, 5) is 9.06. The predicted molar refractivity (Wildman–Crippen MR) is 55.2 cm³/mol. The maximum Gasteiger partial charge on any atom is 0.418 e. The van der Waals surface area contributed by atoms with Crippen molar-refractivity contribution >= 4 is 13.6 Å². The lowest BCUT2D eigenvalue weighted by molar-refractivity contribution is 0.397. The van der Waals surface area contributed by atoms with Crippen LogP contribution in [0.5, 0.6) is 5.75 Å². The van der Waals surface area contributed by atoms with Crippen molar-refractivity contribution < 1.29 is 14.0 Å². The lowest BCUT2D eigenvalue weighted by Crippen LogP contribution is -1.94. The molecular weight excluding hydrogens is 201 g/mol. The van der Waals surface area contributed by atoms with Crippen molar-refractivity contribution in [3.8, 4) is 5.75 Å². The van der Waals surface area contributed by atoms with Gasteiger partial charge in [0.2, 0.25) is 0 Å². The molecule has 1 aromatic rings. The molecule has 76 valence electrons. The second kappa shape index (κ2) is 3.95. The number of benzene rings is 1. The van der Waals surface area contributed by atoms with E-state index in [1.807, 2.05) is 13.0 Å². The van der Waals surface area contributed by atoms with Crippen molar-refractivity contribution in [2.75, 3.05) is 0 Å². The van der Waals surface area contributed by atoms with Crippen LogP contribution in [0.4, 0.5) is 0 Å². The number of rotatable bonds is 3. The maximum atomic E-state index is 11.1. The summed E-state index contributed by atoms with van der Waals surface area (Å²) in [6, 6.07) is 5.25. The average molecular weight is 213 g/mol. The fraction of sp³-hybridized carbons (Fsp3) is 0.222. The summed E-state index contributed by atoms with van der Waals surface area (Å²) in [6.45, 7) is 3.71. The van der Waals surface area contributed by atoms with Crippen LogP contribution in [0.25, 0.3) is 0 Å². The molecule has 2 N–H and O–H groups in total. The SMILES string of the molecule is Cc1ccc(OP(=O)(O)C=N)c(C)c1. The Bertz CT molecular complexity index is 403. The summed E-state index contributed by atoms with van der Waals surface area (Å²) in [5.41, 5.74) is 1.83. The predicted octanol–water partition coefficient (Wildman–Crippen LogP) is 2.47. The van der Waals surface area contributed by atoms with Gasteiger partial charge in [0.1, 0.15) is 11.7 Å². The lowest BCUT2D eigenvalue weighted by atomic mass is 10.1. The normalized spacial score (nSPS) is 14.5. The van der Waals surface area contributed by atoms with Crippen LogP contribution < -0.4 is 4.52 Å². The Hall–Kier alpha value is -1.12. The molecule has 1 atom stereocenters. The van der Waals surface area contributed by atoms with Gasteiger partial charge in [0, 0.05) is 0 Å². The zero-order valence-electron chi connectivity index (χ0n) is 8.02. The van der Waals surface area contributed by atoms with Gasteiger partial charge in [-0.1, -0.05) is 17.7 Å². The average Bonchev–Trinajstić information content (AvgIpc) is 2.10. The van der Waals surface area contributed by atoms with Crippen molar-refractivity contribution in [2.24, 2.45) is 0 Å². The van der Waals surface area contributed by atoms with E-state index in [4.69, 9.17) is 14.8 Å². The third-order valence-electron chi connectivity index (χ3n) is 1.72. The van der Waals surface area contributed by atoms with E-state index in [0.29, 0.717) is 11.7 Å². The van der Waals surface area contributed by atoms with Gasteiger partial charge in [-0.25, -0.2) is 4.57 Å². The van der Waals surface area contributed by atoms with Gasteiger partial charge in [0.15, 0.2) is 0 Å². The van der Waals surface area contributed by atoms with E-state index in [1.54, 1.807) is 19.1 Å². The van der Waals surface area contributed by atoms with Crippen molar-refractivity contribution in [3.05, 3.63) is 29.3 Å². The molecule has 0 spiro atoms. The maximum absolute atomic E-state index is 11.1. The zero-order chi connectivity index (χ0) is 10.8. The molecule has 1 aromatic carbocycles. The fourth-order valence-electron chi connectivity index (χ4n) is 1.07. The first-order valence-corrected chi connectivity index (χ1v) is 5.70. The highest BCUT2D eigenvalue weighted by Crippen LogP contribution is 2.40. The van der Waals surface area contributed by atoms with E-state index in [1.165, 1.54) is 0 Å². The van der Waals surface area contributed by atoms with Crippen molar-refractivity contribution in [1.82, 2.24) is 0 Å². The highest BCUT2D eigenvalue weighted by molar-refractivity contribution is 7.68. The molecule has 0 aliphatic carbocycles. The monoisotopic (exact) mass is 213 g/mol. The number of hydrogen-bond acceptors (Lipinski definition) is 3. The van der Waals surface area contributed by atoms with Gasteiger partial charge in [0.25, 0.3) is 0 Å². The Morgan fingerprint density at radius 2 is 2.14 bits per heavy atom. The second-order valence-electron chi connectivity index (χ2n) is 3.05.